The largest absolute Gasteiger partial charge is 0.497 e. The summed E-state index contributed by atoms with van der Waals surface area (Å²) in [5.41, 5.74) is 2.52. The fourth-order valence-corrected chi connectivity index (χ4v) is 4.13. The molecule has 1 aliphatic rings. The molecule has 2 aromatic carbocycles. The third-order valence-electron chi connectivity index (χ3n) is 5.96. The summed E-state index contributed by atoms with van der Waals surface area (Å²) in [5, 5.41) is 3.79. The number of amides is 1. The van der Waals surface area contributed by atoms with Gasteiger partial charge in [0.2, 0.25) is 0 Å². The first-order valence-electron chi connectivity index (χ1n) is 11.5. The van der Waals surface area contributed by atoms with Crippen molar-refractivity contribution in [3.8, 4) is 11.5 Å². The standard InChI is InChI=1S/C26H31FN4O3/c1-33-20-8-9-23-21(18-20)22(19-29-23)26(32)28-11-4-5-12-30-13-15-31(16-14-30)24-6-2-3-7-25(24)34-17-10-27/h2-9,18-19,29H,10-17H2,1H3,(H,28,32)/b5-4+. The van der Waals surface area contributed by atoms with E-state index in [1.807, 2.05) is 48.5 Å². The molecular weight excluding hydrogens is 435 g/mol. The summed E-state index contributed by atoms with van der Waals surface area (Å²) in [6.45, 7) is 4.48. The van der Waals surface area contributed by atoms with E-state index in [1.165, 1.54) is 0 Å². The summed E-state index contributed by atoms with van der Waals surface area (Å²) in [6, 6.07) is 13.4. The third-order valence-corrected chi connectivity index (χ3v) is 5.96. The van der Waals surface area contributed by atoms with Crippen LogP contribution in [0.3, 0.4) is 0 Å². The molecule has 0 saturated carbocycles. The van der Waals surface area contributed by atoms with Crippen molar-refractivity contribution in [1.82, 2.24) is 15.2 Å². The number of para-hydroxylation sites is 2. The van der Waals surface area contributed by atoms with E-state index in [0.717, 1.165) is 60.8 Å². The number of hydrogen-bond donors (Lipinski definition) is 2. The molecule has 180 valence electrons. The lowest BCUT2D eigenvalue weighted by Crippen LogP contribution is -2.46. The first-order valence-corrected chi connectivity index (χ1v) is 11.5. The highest BCUT2D eigenvalue weighted by atomic mass is 19.1. The molecule has 0 atom stereocenters. The van der Waals surface area contributed by atoms with Crippen molar-refractivity contribution in [2.24, 2.45) is 0 Å². The number of fused-ring (bicyclic) bond motifs is 1. The Morgan fingerprint density at radius 2 is 1.97 bits per heavy atom. The lowest BCUT2D eigenvalue weighted by atomic mass is 10.1. The molecule has 0 spiro atoms. The number of nitrogens with zero attached hydrogens (tertiary/aromatic N) is 2. The Balaban J connectivity index is 1.22. The number of anilines is 1. The summed E-state index contributed by atoms with van der Waals surface area (Å²) in [7, 11) is 1.61. The molecule has 0 unspecified atom stereocenters. The van der Waals surface area contributed by atoms with Crippen LogP contribution in [0.5, 0.6) is 11.5 Å². The molecule has 4 rings (SSSR count). The van der Waals surface area contributed by atoms with Crippen LogP contribution in [0.1, 0.15) is 10.4 Å². The number of alkyl halides is 1. The predicted molar refractivity (Wildman–Crippen MR) is 133 cm³/mol. The maximum Gasteiger partial charge on any atom is 0.253 e. The van der Waals surface area contributed by atoms with Crippen LogP contribution in [0, 0.1) is 0 Å². The average molecular weight is 467 g/mol. The lowest BCUT2D eigenvalue weighted by Gasteiger charge is -2.36. The number of halogens is 1. The smallest absolute Gasteiger partial charge is 0.253 e. The third kappa shape index (κ3) is 5.69. The van der Waals surface area contributed by atoms with E-state index in [0.29, 0.717) is 12.1 Å². The highest BCUT2D eigenvalue weighted by Crippen LogP contribution is 2.29. The van der Waals surface area contributed by atoms with Crippen LogP contribution in [-0.4, -0.2) is 75.5 Å². The van der Waals surface area contributed by atoms with Gasteiger partial charge in [0.15, 0.2) is 0 Å². The minimum Gasteiger partial charge on any atom is -0.497 e. The predicted octanol–water partition coefficient (Wildman–Crippen LogP) is 3.63. The van der Waals surface area contributed by atoms with Gasteiger partial charge in [-0.3, -0.25) is 9.69 Å². The number of aromatic amines is 1. The van der Waals surface area contributed by atoms with Gasteiger partial charge in [-0.25, -0.2) is 4.39 Å². The number of H-pyrrole nitrogens is 1. The molecule has 1 aromatic heterocycles. The van der Waals surface area contributed by atoms with Crippen molar-refractivity contribution in [3.63, 3.8) is 0 Å². The molecule has 0 radical (unpaired) electrons. The summed E-state index contributed by atoms with van der Waals surface area (Å²) in [4.78, 5) is 20.4. The Bertz CT molecular complexity index is 1120. The maximum absolute atomic E-state index is 12.6. The molecule has 2 N–H and O–H groups in total. The topological polar surface area (TPSA) is 69.8 Å². The number of carbonyl (C=O) groups is 1. The molecule has 3 aromatic rings. The van der Waals surface area contributed by atoms with Crippen molar-refractivity contribution in [1.29, 1.82) is 0 Å². The van der Waals surface area contributed by atoms with Crippen molar-refractivity contribution < 1.29 is 18.7 Å². The number of rotatable bonds is 10. The van der Waals surface area contributed by atoms with Gasteiger partial charge in [-0.15, -0.1) is 0 Å². The molecule has 0 bridgehead atoms. The van der Waals surface area contributed by atoms with Crippen LogP contribution in [0.4, 0.5) is 10.1 Å². The number of carbonyl (C=O) groups excluding carboxylic acids is 1. The number of nitrogens with one attached hydrogen (secondary N) is 2. The fourth-order valence-electron chi connectivity index (χ4n) is 4.13. The molecule has 7 nitrogen and oxygen atoms in total. The first-order chi connectivity index (χ1) is 16.7. The highest BCUT2D eigenvalue weighted by molar-refractivity contribution is 6.07. The van der Waals surface area contributed by atoms with Gasteiger partial charge in [0, 0.05) is 56.4 Å². The van der Waals surface area contributed by atoms with Crippen LogP contribution in [0.25, 0.3) is 10.9 Å². The number of piperazine rings is 1. The zero-order valence-corrected chi connectivity index (χ0v) is 19.4. The van der Waals surface area contributed by atoms with E-state index in [2.05, 4.69) is 26.2 Å². The van der Waals surface area contributed by atoms with Crippen LogP contribution >= 0.6 is 0 Å². The van der Waals surface area contributed by atoms with Crippen molar-refractivity contribution in [2.45, 2.75) is 0 Å². The lowest BCUT2D eigenvalue weighted by molar-refractivity contribution is 0.0959. The zero-order chi connectivity index (χ0) is 23.8. The van der Waals surface area contributed by atoms with Gasteiger partial charge in [-0.1, -0.05) is 24.3 Å². The van der Waals surface area contributed by atoms with Gasteiger partial charge >= 0.3 is 0 Å². The Labute approximate surface area is 199 Å². The second kappa shape index (κ2) is 11.6. The second-order valence-corrected chi connectivity index (χ2v) is 8.09. The second-order valence-electron chi connectivity index (χ2n) is 8.09. The zero-order valence-electron chi connectivity index (χ0n) is 19.4. The van der Waals surface area contributed by atoms with E-state index in [-0.39, 0.29) is 12.5 Å². The van der Waals surface area contributed by atoms with Crippen LogP contribution in [0.15, 0.2) is 60.8 Å². The van der Waals surface area contributed by atoms with Crippen molar-refractivity contribution in [2.75, 3.05) is 64.6 Å². The number of methoxy groups -OCH3 is 1. The molecular formula is C26H31FN4O3. The van der Waals surface area contributed by atoms with Gasteiger partial charge in [0.1, 0.15) is 24.8 Å². The van der Waals surface area contributed by atoms with Gasteiger partial charge in [0.25, 0.3) is 5.91 Å². The molecule has 0 aliphatic carbocycles. The summed E-state index contributed by atoms with van der Waals surface area (Å²) < 4.78 is 23.3. The molecule has 34 heavy (non-hydrogen) atoms. The maximum atomic E-state index is 12.6. The number of benzene rings is 2. The van der Waals surface area contributed by atoms with Crippen LogP contribution < -0.4 is 19.7 Å². The SMILES string of the molecule is COc1ccc2[nH]cc(C(=O)NC/C=C/CN3CCN(c4ccccc4OCCF)CC3)c2c1. The fraction of sp³-hybridized carbons (Fsp3) is 0.346. The molecule has 1 amide bonds. The van der Waals surface area contributed by atoms with Crippen molar-refractivity contribution >= 4 is 22.5 Å². The molecule has 1 saturated heterocycles. The van der Waals surface area contributed by atoms with E-state index >= 15 is 0 Å². The number of aromatic nitrogens is 1. The minimum absolute atomic E-state index is 0.0762. The monoisotopic (exact) mass is 466 g/mol. The van der Waals surface area contributed by atoms with E-state index in [1.54, 1.807) is 13.3 Å². The molecule has 2 heterocycles. The van der Waals surface area contributed by atoms with Crippen molar-refractivity contribution in [3.05, 3.63) is 66.4 Å². The average Bonchev–Trinajstić information content (AvgIpc) is 3.31. The molecule has 1 fully saturated rings. The highest BCUT2D eigenvalue weighted by Gasteiger charge is 2.19. The first kappa shape index (κ1) is 23.6. The van der Waals surface area contributed by atoms with E-state index < -0.39 is 6.67 Å². The minimum atomic E-state index is -0.495. The molecule has 8 heteroatoms. The quantitative estimate of drug-likeness (QED) is 0.447. The van der Waals surface area contributed by atoms with Crippen LogP contribution in [-0.2, 0) is 0 Å². The Morgan fingerprint density at radius 3 is 2.76 bits per heavy atom. The number of ether oxygens (including phenoxy) is 2. The van der Waals surface area contributed by atoms with E-state index in [4.69, 9.17) is 9.47 Å². The summed E-state index contributed by atoms with van der Waals surface area (Å²) in [5.74, 6) is 1.33. The van der Waals surface area contributed by atoms with Gasteiger partial charge < -0.3 is 24.7 Å². The van der Waals surface area contributed by atoms with E-state index in [9.17, 15) is 9.18 Å². The number of hydrogen-bond acceptors (Lipinski definition) is 5. The van der Waals surface area contributed by atoms with Gasteiger partial charge in [0.05, 0.1) is 18.4 Å². The summed E-state index contributed by atoms with van der Waals surface area (Å²) in [6.07, 6.45) is 5.80. The van der Waals surface area contributed by atoms with Gasteiger partial charge in [-0.05, 0) is 30.3 Å². The Morgan fingerprint density at radius 1 is 1.15 bits per heavy atom. The Kier molecular flexibility index (Phi) is 8.04. The summed E-state index contributed by atoms with van der Waals surface area (Å²) >= 11 is 0. The van der Waals surface area contributed by atoms with Crippen LogP contribution in [0.2, 0.25) is 0 Å². The molecule has 1 aliphatic heterocycles. The van der Waals surface area contributed by atoms with Gasteiger partial charge in [-0.2, -0.15) is 0 Å². The normalized spacial score (nSPS) is 14.6. The Hall–Kier alpha value is -3.52.